The van der Waals surface area contributed by atoms with Crippen LogP contribution >= 0.6 is 0 Å². The molecular formula is C9H7N2. The molecule has 0 spiro atoms. The zero-order chi connectivity index (χ0) is 7.68. The van der Waals surface area contributed by atoms with E-state index in [-0.39, 0.29) is 0 Å². The van der Waals surface area contributed by atoms with E-state index in [1.54, 1.807) is 12.4 Å². The van der Waals surface area contributed by atoms with E-state index in [9.17, 15) is 0 Å². The van der Waals surface area contributed by atoms with Gasteiger partial charge in [-0.1, -0.05) is 0 Å². The van der Waals surface area contributed by atoms with Crippen LogP contribution in [0.2, 0.25) is 0 Å². The van der Waals surface area contributed by atoms with E-state index in [1.165, 1.54) is 0 Å². The highest BCUT2D eigenvalue weighted by molar-refractivity contribution is 5.76. The molecule has 53 valence electrons. The number of nitrogens with zero attached hydrogens (tertiary/aromatic N) is 2. The van der Waals surface area contributed by atoms with Crippen molar-refractivity contribution < 1.29 is 0 Å². The van der Waals surface area contributed by atoms with Crippen LogP contribution in [0.5, 0.6) is 0 Å². The first-order valence-electron chi connectivity index (χ1n) is 3.45. The highest BCUT2D eigenvalue weighted by atomic mass is 14.7. The summed E-state index contributed by atoms with van der Waals surface area (Å²) in [6, 6.07) is 6.83. The van der Waals surface area contributed by atoms with Crippen LogP contribution in [0.25, 0.3) is 10.9 Å². The molecule has 0 fully saturated rings. The molecule has 0 aliphatic rings. The SMILES string of the molecule is Cc1[c]cc2cnccc2n1. The van der Waals surface area contributed by atoms with Gasteiger partial charge in [-0.25, -0.2) is 0 Å². The van der Waals surface area contributed by atoms with Crippen LogP contribution in [0, 0.1) is 13.0 Å². The van der Waals surface area contributed by atoms with Gasteiger partial charge in [-0.3, -0.25) is 9.97 Å². The zero-order valence-electron chi connectivity index (χ0n) is 6.20. The van der Waals surface area contributed by atoms with Gasteiger partial charge in [-0.05, 0) is 19.1 Å². The number of pyridine rings is 2. The van der Waals surface area contributed by atoms with Crippen molar-refractivity contribution in [3.05, 3.63) is 36.3 Å². The van der Waals surface area contributed by atoms with E-state index >= 15 is 0 Å². The van der Waals surface area contributed by atoms with Crippen LogP contribution in [0.15, 0.2) is 24.5 Å². The third kappa shape index (κ3) is 1.07. The number of aryl methyl sites for hydroxylation is 1. The summed E-state index contributed by atoms with van der Waals surface area (Å²) in [5, 5.41) is 1.04. The molecule has 0 unspecified atom stereocenters. The Kier molecular flexibility index (Phi) is 1.32. The molecule has 2 heteroatoms. The lowest BCUT2D eigenvalue weighted by atomic mass is 10.2. The lowest BCUT2D eigenvalue weighted by molar-refractivity contribution is 1.23. The first-order chi connectivity index (χ1) is 5.36. The monoisotopic (exact) mass is 143 g/mol. The van der Waals surface area contributed by atoms with Crippen molar-refractivity contribution in [1.82, 2.24) is 9.97 Å². The number of rotatable bonds is 0. The summed E-state index contributed by atoms with van der Waals surface area (Å²) in [4.78, 5) is 8.26. The van der Waals surface area contributed by atoms with Crippen LogP contribution in [0.1, 0.15) is 5.69 Å². The summed E-state index contributed by atoms with van der Waals surface area (Å²) in [5.74, 6) is 0. The van der Waals surface area contributed by atoms with Crippen LogP contribution < -0.4 is 0 Å². The highest BCUT2D eigenvalue weighted by Crippen LogP contribution is 2.08. The van der Waals surface area contributed by atoms with E-state index in [1.807, 2.05) is 19.1 Å². The standard InChI is InChI=1S/C9H7N2/c1-7-2-3-8-6-10-5-4-9(8)11-7/h3-6H,1H3. The number of hydrogen-bond donors (Lipinski definition) is 0. The van der Waals surface area contributed by atoms with Crippen molar-refractivity contribution in [3.63, 3.8) is 0 Å². The Morgan fingerprint density at radius 1 is 1.45 bits per heavy atom. The van der Waals surface area contributed by atoms with Crippen molar-refractivity contribution in [3.8, 4) is 0 Å². The van der Waals surface area contributed by atoms with E-state index in [0.717, 1.165) is 16.6 Å². The fraction of sp³-hybridized carbons (Fsp3) is 0.111. The van der Waals surface area contributed by atoms with Crippen LogP contribution in [-0.4, -0.2) is 9.97 Å². The van der Waals surface area contributed by atoms with Gasteiger partial charge in [0.05, 0.1) is 5.52 Å². The molecule has 2 aromatic heterocycles. The molecule has 2 rings (SSSR count). The van der Waals surface area contributed by atoms with E-state index in [4.69, 9.17) is 0 Å². The topological polar surface area (TPSA) is 25.8 Å². The molecule has 0 amide bonds. The van der Waals surface area contributed by atoms with E-state index < -0.39 is 0 Å². The second-order valence-corrected chi connectivity index (χ2v) is 2.42. The van der Waals surface area contributed by atoms with E-state index in [0.29, 0.717) is 0 Å². The maximum absolute atomic E-state index is 4.28. The average Bonchev–Trinajstić information content (AvgIpc) is 2.04. The molecule has 2 aromatic rings. The first-order valence-corrected chi connectivity index (χ1v) is 3.45. The van der Waals surface area contributed by atoms with Gasteiger partial charge in [-0.15, -0.1) is 0 Å². The minimum Gasteiger partial charge on any atom is -0.264 e. The highest BCUT2D eigenvalue weighted by Gasteiger charge is 1.92. The van der Waals surface area contributed by atoms with Gasteiger partial charge < -0.3 is 0 Å². The van der Waals surface area contributed by atoms with Gasteiger partial charge in [0, 0.05) is 29.5 Å². The third-order valence-corrected chi connectivity index (χ3v) is 1.55. The maximum atomic E-state index is 4.28. The van der Waals surface area contributed by atoms with Crippen LogP contribution in [-0.2, 0) is 0 Å². The normalized spacial score (nSPS) is 10.3. The largest absolute Gasteiger partial charge is 0.264 e. The summed E-state index contributed by atoms with van der Waals surface area (Å²) >= 11 is 0. The van der Waals surface area contributed by atoms with Crippen molar-refractivity contribution >= 4 is 10.9 Å². The molecule has 0 aliphatic carbocycles. The number of hydrogen-bond acceptors (Lipinski definition) is 2. The van der Waals surface area contributed by atoms with Gasteiger partial charge in [0.1, 0.15) is 0 Å². The van der Waals surface area contributed by atoms with Gasteiger partial charge in [0.25, 0.3) is 0 Å². The molecule has 0 aliphatic heterocycles. The van der Waals surface area contributed by atoms with Gasteiger partial charge in [0.15, 0.2) is 0 Å². The molecule has 0 bridgehead atoms. The van der Waals surface area contributed by atoms with Crippen molar-refractivity contribution in [2.75, 3.05) is 0 Å². The van der Waals surface area contributed by atoms with Crippen molar-refractivity contribution in [2.45, 2.75) is 6.92 Å². The summed E-state index contributed by atoms with van der Waals surface area (Å²) in [5.41, 5.74) is 1.90. The minimum absolute atomic E-state index is 0.920. The summed E-state index contributed by atoms with van der Waals surface area (Å²) in [6.07, 6.45) is 3.53. The Morgan fingerprint density at radius 2 is 2.36 bits per heavy atom. The summed E-state index contributed by atoms with van der Waals surface area (Å²) in [6.45, 7) is 1.93. The van der Waals surface area contributed by atoms with E-state index in [2.05, 4.69) is 16.0 Å². The third-order valence-electron chi connectivity index (χ3n) is 1.55. The maximum Gasteiger partial charge on any atom is 0.0736 e. The molecule has 0 saturated carbocycles. The fourth-order valence-electron chi connectivity index (χ4n) is 1.01. The Hall–Kier alpha value is -1.44. The predicted molar refractivity (Wildman–Crippen MR) is 43.1 cm³/mol. The lowest BCUT2D eigenvalue weighted by Gasteiger charge is -1.94. The second-order valence-electron chi connectivity index (χ2n) is 2.42. The fourth-order valence-corrected chi connectivity index (χ4v) is 1.01. The molecule has 2 nitrogen and oxygen atoms in total. The van der Waals surface area contributed by atoms with Crippen molar-refractivity contribution in [2.24, 2.45) is 0 Å². The molecule has 0 atom stereocenters. The Morgan fingerprint density at radius 3 is 3.27 bits per heavy atom. The molecule has 11 heavy (non-hydrogen) atoms. The number of fused-ring (bicyclic) bond motifs is 1. The molecule has 2 heterocycles. The van der Waals surface area contributed by atoms with Crippen LogP contribution in [0.4, 0.5) is 0 Å². The summed E-state index contributed by atoms with van der Waals surface area (Å²) < 4.78 is 0. The molecule has 1 radical (unpaired) electrons. The number of aromatic nitrogens is 2. The van der Waals surface area contributed by atoms with Gasteiger partial charge >= 0.3 is 0 Å². The average molecular weight is 143 g/mol. The zero-order valence-corrected chi connectivity index (χ0v) is 6.20. The molecule has 0 N–H and O–H groups in total. The van der Waals surface area contributed by atoms with Crippen molar-refractivity contribution in [1.29, 1.82) is 0 Å². The smallest absolute Gasteiger partial charge is 0.0736 e. The summed E-state index contributed by atoms with van der Waals surface area (Å²) in [7, 11) is 0. The van der Waals surface area contributed by atoms with Gasteiger partial charge in [-0.2, -0.15) is 0 Å². The minimum atomic E-state index is 0.920. The molecule has 0 saturated heterocycles. The first kappa shape index (κ1) is 6.28. The van der Waals surface area contributed by atoms with Crippen LogP contribution in [0.3, 0.4) is 0 Å². The predicted octanol–water partition coefficient (Wildman–Crippen LogP) is 1.74. The molecular weight excluding hydrogens is 136 g/mol. The Bertz CT molecular complexity index is 382. The van der Waals surface area contributed by atoms with Gasteiger partial charge in [0.2, 0.25) is 0 Å². The lowest BCUT2D eigenvalue weighted by Crippen LogP contribution is -1.83. The molecule has 0 aromatic carbocycles. The quantitative estimate of drug-likeness (QED) is 0.561. The Labute approximate surface area is 64.9 Å². The Balaban J connectivity index is 2.83. The second kappa shape index (κ2) is 2.31.